The number of nitrogens with one attached hydrogen (secondary N) is 1. The van der Waals surface area contributed by atoms with Gasteiger partial charge in [0.2, 0.25) is 0 Å². The Morgan fingerprint density at radius 2 is 2.06 bits per heavy atom. The SMILES string of the molecule is O=C(Nc1cccc(Br)c1)c1ccc(Cl)nn1. The van der Waals surface area contributed by atoms with Crippen molar-refractivity contribution >= 4 is 39.1 Å². The molecule has 1 aromatic carbocycles. The molecule has 0 radical (unpaired) electrons. The fourth-order valence-electron chi connectivity index (χ4n) is 1.20. The summed E-state index contributed by atoms with van der Waals surface area (Å²) in [6.07, 6.45) is 0. The maximum atomic E-state index is 11.8. The number of hydrogen-bond acceptors (Lipinski definition) is 3. The molecular weight excluding hydrogens is 305 g/mol. The molecule has 0 aliphatic rings. The number of hydrogen-bond donors (Lipinski definition) is 1. The Kier molecular flexibility index (Phi) is 3.71. The van der Waals surface area contributed by atoms with E-state index in [2.05, 4.69) is 31.4 Å². The normalized spacial score (nSPS) is 10.0. The maximum absolute atomic E-state index is 11.8. The molecular formula is C11H7BrClN3O. The van der Waals surface area contributed by atoms with Crippen molar-refractivity contribution in [1.29, 1.82) is 0 Å². The molecule has 0 aliphatic heterocycles. The molecule has 4 nitrogen and oxygen atoms in total. The van der Waals surface area contributed by atoms with Crippen LogP contribution in [0.15, 0.2) is 40.9 Å². The molecule has 2 rings (SSSR count). The first-order chi connectivity index (χ1) is 8.15. The number of benzene rings is 1. The predicted molar refractivity (Wildman–Crippen MR) is 69.1 cm³/mol. The Hall–Kier alpha value is -1.46. The predicted octanol–water partition coefficient (Wildman–Crippen LogP) is 3.14. The number of halogens is 2. The summed E-state index contributed by atoms with van der Waals surface area (Å²) in [6, 6.07) is 10.3. The van der Waals surface area contributed by atoms with Crippen molar-refractivity contribution in [2.45, 2.75) is 0 Å². The van der Waals surface area contributed by atoms with Crippen molar-refractivity contribution in [1.82, 2.24) is 10.2 Å². The van der Waals surface area contributed by atoms with Crippen molar-refractivity contribution in [2.75, 3.05) is 5.32 Å². The summed E-state index contributed by atoms with van der Waals surface area (Å²) in [4.78, 5) is 11.8. The van der Waals surface area contributed by atoms with E-state index >= 15 is 0 Å². The fraction of sp³-hybridized carbons (Fsp3) is 0. The van der Waals surface area contributed by atoms with Gasteiger partial charge < -0.3 is 5.32 Å². The summed E-state index contributed by atoms with van der Waals surface area (Å²) in [5.74, 6) is -0.327. The Morgan fingerprint density at radius 1 is 1.24 bits per heavy atom. The Labute approximate surface area is 111 Å². The molecule has 2 aromatic rings. The third-order valence-electron chi connectivity index (χ3n) is 1.95. The van der Waals surface area contributed by atoms with Crippen LogP contribution in [0.25, 0.3) is 0 Å². The lowest BCUT2D eigenvalue weighted by Crippen LogP contribution is -2.14. The van der Waals surface area contributed by atoms with Crippen LogP contribution >= 0.6 is 27.5 Å². The second-order valence-corrected chi connectivity index (χ2v) is 4.51. The van der Waals surface area contributed by atoms with Gasteiger partial charge in [0.1, 0.15) is 0 Å². The molecule has 0 saturated heterocycles. The molecule has 0 saturated carbocycles. The third kappa shape index (κ3) is 3.25. The van der Waals surface area contributed by atoms with Gasteiger partial charge in [-0.2, -0.15) is 0 Å². The van der Waals surface area contributed by atoms with Crippen molar-refractivity contribution in [3.05, 3.63) is 51.7 Å². The average Bonchev–Trinajstić information content (AvgIpc) is 2.29. The summed E-state index contributed by atoms with van der Waals surface area (Å²) in [5, 5.41) is 10.3. The largest absolute Gasteiger partial charge is 0.321 e. The second-order valence-electron chi connectivity index (χ2n) is 3.21. The van der Waals surface area contributed by atoms with Crippen LogP contribution in [0.4, 0.5) is 5.69 Å². The zero-order chi connectivity index (χ0) is 12.3. The summed E-state index contributed by atoms with van der Waals surface area (Å²) in [5.41, 5.74) is 0.899. The summed E-state index contributed by atoms with van der Waals surface area (Å²) >= 11 is 8.91. The number of aromatic nitrogens is 2. The summed E-state index contributed by atoms with van der Waals surface area (Å²) in [6.45, 7) is 0. The molecule has 0 aliphatic carbocycles. The van der Waals surface area contributed by atoms with E-state index in [1.165, 1.54) is 12.1 Å². The van der Waals surface area contributed by atoms with Gasteiger partial charge in [-0.1, -0.05) is 33.6 Å². The highest BCUT2D eigenvalue weighted by Gasteiger charge is 2.08. The van der Waals surface area contributed by atoms with Crippen LogP contribution in [-0.2, 0) is 0 Å². The molecule has 6 heteroatoms. The van der Waals surface area contributed by atoms with Gasteiger partial charge in [0.15, 0.2) is 10.8 Å². The van der Waals surface area contributed by atoms with Crippen LogP contribution in [0.1, 0.15) is 10.5 Å². The van der Waals surface area contributed by atoms with E-state index in [1.807, 2.05) is 12.1 Å². The zero-order valence-electron chi connectivity index (χ0n) is 8.52. The average molecular weight is 313 g/mol. The highest BCUT2D eigenvalue weighted by molar-refractivity contribution is 9.10. The van der Waals surface area contributed by atoms with Gasteiger partial charge in [-0.15, -0.1) is 10.2 Å². The lowest BCUT2D eigenvalue weighted by Gasteiger charge is -2.04. The monoisotopic (exact) mass is 311 g/mol. The van der Waals surface area contributed by atoms with Crippen molar-refractivity contribution < 1.29 is 4.79 Å². The van der Waals surface area contributed by atoms with Gasteiger partial charge in [0, 0.05) is 10.2 Å². The molecule has 0 unspecified atom stereocenters. The number of anilines is 1. The summed E-state index contributed by atoms with van der Waals surface area (Å²) in [7, 11) is 0. The molecule has 0 atom stereocenters. The highest BCUT2D eigenvalue weighted by atomic mass is 79.9. The van der Waals surface area contributed by atoms with Gasteiger partial charge in [-0.3, -0.25) is 4.79 Å². The van der Waals surface area contributed by atoms with Crippen LogP contribution in [-0.4, -0.2) is 16.1 Å². The van der Waals surface area contributed by atoms with Gasteiger partial charge in [0.25, 0.3) is 5.91 Å². The third-order valence-corrected chi connectivity index (χ3v) is 2.64. The van der Waals surface area contributed by atoms with Crippen molar-refractivity contribution in [2.24, 2.45) is 0 Å². The fourth-order valence-corrected chi connectivity index (χ4v) is 1.70. The van der Waals surface area contributed by atoms with Gasteiger partial charge in [0.05, 0.1) is 0 Å². The molecule has 1 aromatic heterocycles. The van der Waals surface area contributed by atoms with Crippen LogP contribution < -0.4 is 5.32 Å². The maximum Gasteiger partial charge on any atom is 0.276 e. The van der Waals surface area contributed by atoms with Crippen molar-refractivity contribution in [3.63, 3.8) is 0 Å². The van der Waals surface area contributed by atoms with E-state index in [1.54, 1.807) is 12.1 Å². The molecule has 1 amide bonds. The molecule has 0 fully saturated rings. The van der Waals surface area contributed by atoms with Crippen LogP contribution in [0.2, 0.25) is 5.15 Å². The molecule has 1 N–H and O–H groups in total. The first kappa shape index (κ1) is 12.0. The molecule has 0 bridgehead atoms. The van der Waals surface area contributed by atoms with Crippen molar-refractivity contribution in [3.8, 4) is 0 Å². The smallest absolute Gasteiger partial charge is 0.276 e. The molecule has 17 heavy (non-hydrogen) atoms. The van der Waals surface area contributed by atoms with E-state index in [4.69, 9.17) is 11.6 Å². The minimum Gasteiger partial charge on any atom is -0.321 e. The number of carbonyl (C=O) groups is 1. The number of nitrogens with zero attached hydrogens (tertiary/aromatic N) is 2. The Balaban J connectivity index is 2.14. The number of rotatable bonds is 2. The first-order valence-electron chi connectivity index (χ1n) is 4.71. The first-order valence-corrected chi connectivity index (χ1v) is 5.88. The zero-order valence-corrected chi connectivity index (χ0v) is 10.9. The standard InChI is InChI=1S/C11H7BrClN3O/c12-7-2-1-3-8(6-7)14-11(17)9-4-5-10(13)16-15-9/h1-6H,(H,14,17). The quantitative estimate of drug-likeness (QED) is 0.927. The van der Waals surface area contributed by atoms with Gasteiger partial charge in [-0.05, 0) is 30.3 Å². The Morgan fingerprint density at radius 3 is 2.71 bits per heavy atom. The number of carbonyl (C=O) groups excluding carboxylic acids is 1. The van der Waals surface area contributed by atoms with E-state index in [9.17, 15) is 4.79 Å². The van der Waals surface area contributed by atoms with E-state index < -0.39 is 0 Å². The van der Waals surface area contributed by atoms with Crippen LogP contribution in [0.5, 0.6) is 0 Å². The molecule has 1 heterocycles. The summed E-state index contributed by atoms with van der Waals surface area (Å²) < 4.78 is 0.887. The van der Waals surface area contributed by atoms with Crippen LogP contribution in [0.3, 0.4) is 0 Å². The van der Waals surface area contributed by atoms with Gasteiger partial charge >= 0.3 is 0 Å². The molecule has 0 spiro atoms. The van der Waals surface area contributed by atoms with E-state index in [0.29, 0.717) is 5.69 Å². The topological polar surface area (TPSA) is 54.9 Å². The van der Waals surface area contributed by atoms with Crippen LogP contribution in [0, 0.1) is 0 Å². The lowest BCUT2D eigenvalue weighted by molar-refractivity contribution is 0.102. The highest BCUT2D eigenvalue weighted by Crippen LogP contribution is 2.16. The molecule has 86 valence electrons. The minimum atomic E-state index is -0.327. The lowest BCUT2D eigenvalue weighted by atomic mass is 10.3. The number of amides is 1. The van der Waals surface area contributed by atoms with Gasteiger partial charge in [-0.25, -0.2) is 0 Å². The van der Waals surface area contributed by atoms with E-state index in [0.717, 1.165) is 4.47 Å². The second kappa shape index (κ2) is 5.25. The van der Waals surface area contributed by atoms with E-state index in [-0.39, 0.29) is 16.8 Å². The minimum absolute atomic E-state index is 0.217. The Bertz CT molecular complexity index is 545.